The molecule has 3 aliphatic heterocycles. The maximum absolute atomic E-state index is 11.6. The molecule has 13 heteroatoms. The number of β-amino-alcohol motifs (C(OH)–C–C–N with tert-alkyl or cyclic N) is 2. The van der Waals surface area contributed by atoms with Crippen molar-refractivity contribution >= 4 is 34.5 Å². The Morgan fingerprint density at radius 2 is 1.11 bits per heavy atom. The van der Waals surface area contributed by atoms with Crippen molar-refractivity contribution in [3.05, 3.63) is 46.7 Å². The lowest BCUT2D eigenvalue weighted by Gasteiger charge is -2.27. The predicted molar refractivity (Wildman–Crippen MR) is 262 cm³/mol. The average molecular weight is 916 g/mol. The fourth-order valence-electron chi connectivity index (χ4n) is 6.50. The van der Waals surface area contributed by atoms with E-state index in [1.165, 1.54) is 24.2 Å². The molecule has 2 aromatic rings. The van der Waals surface area contributed by atoms with Crippen LogP contribution in [0.15, 0.2) is 36.0 Å². The average Bonchev–Trinajstić information content (AvgIpc) is 3.98. The van der Waals surface area contributed by atoms with Gasteiger partial charge in [0.05, 0.1) is 25.4 Å². The number of likely N-dealkylation sites (tertiary alicyclic amines) is 2. The molecule has 366 valence electrons. The Balaban J connectivity index is 0.000000401. The first-order valence-corrected chi connectivity index (χ1v) is 24.4. The lowest BCUT2D eigenvalue weighted by molar-refractivity contribution is -0.127. The van der Waals surface area contributed by atoms with E-state index in [9.17, 15) is 29.4 Å². The van der Waals surface area contributed by atoms with Crippen molar-refractivity contribution < 1.29 is 34.1 Å². The number of hydrogen-bond donors (Lipinski definition) is 2. The number of Topliss-reactive ketones (excluding diaryl/α,β-unsaturated/α-hetero) is 4. The first kappa shape index (κ1) is 59.2. The van der Waals surface area contributed by atoms with Crippen molar-refractivity contribution in [2.75, 3.05) is 72.1 Å². The molecule has 2 unspecified atom stereocenters. The number of ketones is 4. The van der Waals surface area contributed by atoms with Crippen molar-refractivity contribution in [1.82, 2.24) is 24.7 Å². The molecule has 0 radical (unpaired) electrons. The molecule has 5 rings (SSSR count). The number of thiazole rings is 1. The highest BCUT2D eigenvalue weighted by molar-refractivity contribution is 7.11. The number of carbonyl (C=O) groups excluding carboxylic acids is 4. The zero-order chi connectivity index (χ0) is 48.9. The zero-order valence-electron chi connectivity index (χ0n) is 42.7. The third kappa shape index (κ3) is 26.4. The molecule has 5 heterocycles. The van der Waals surface area contributed by atoms with Gasteiger partial charge in [0.1, 0.15) is 17.3 Å². The van der Waals surface area contributed by atoms with E-state index in [1.54, 1.807) is 24.5 Å². The van der Waals surface area contributed by atoms with Gasteiger partial charge in [0.25, 0.3) is 0 Å². The standard InChI is InChI=1S/2C11H21NO2.C11H23NO.C10H13NO.C8H11NOS/c1-11(2,3)10(14)5-7-12-6-4-9(13)8-12;1-11(2,3)10(13)4-5-12-6-8-14-9-7-12;1-11(2,3)6-4-7-12-8-5-10(13)9-12;1-10(2,3)9(12)8-6-4-5-7-11-8;1-8(2,3)6(10)7-9-4-5-11-7/h9,13H,4-8H2,1-3H3;4-9H2,1-3H3;10,13H,4-9H2,1-3H3;4-7H,1-3H3;4-5H,1-3H3. The van der Waals surface area contributed by atoms with Crippen LogP contribution in [0.2, 0.25) is 0 Å². The van der Waals surface area contributed by atoms with Crippen LogP contribution in [-0.2, 0) is 14.3 Å². The summed E-state index contributed by atoms with van der Waals surface area (Å²) in [6.07, 6.45) is 8.69. The Morgan fingerprint density at radius 3 is 1.48 bits per heavy atom. The van der Waals surface area contributed by atoms with Crippen LogP contribution < -0.4 is 0 Å². The molecule has 0 bridgehead atoms. The summed E-state index contributed by atoms with van der Waals surface area (Å²) >= 11 is 1.40. The summed E-state index contributed by atoms with van der Waals surface area (Å²) in [5, 5.41) is 21.0. The third-order valence-corrected chi connectivity index (χ3v) is 11.6. The largest absolute Gasteiger partial charge is 0.392 e. The quantitative estimate of drug-likeness (QED) is 0.207. The second-order valence-corrected chi connectivity index (χ2v) is 23.6. The van der Waals surface area contributed by atoms with E-state index in [2.05, 4.69) is 45.4 Å². The van der Waals surface area contributed by atoms with Gasteiger partial charge in [-0.3, -0.25) is 29.1 Å². The summed E-state index contributed by atoms with van der Waals surface area (Å²) in [7, 11) is 0. The number of aliphatic hydroxyl groups excluding tert-OH is 2. The number of aromatic nitrogens is 2. The van der Waals surface area contributed by atoms with Gasteiger partial charge in [-0.25, -0.2) is 4.98 Å². The SMILES string of the molecule is CC(C)(C)C(=O)CCN1CCC(O)C1.CC(C)(C)C(=O)CCN1CCOCC1.CC(C)(C)C(=O)c1ccccn1.CC(C)(C)C(=O)c1nccs1.CC(C)(C)CCCN1CCC(O)C1. The molecular weight excluding hydrogens is 827 g/mol. The molecular formula is C51H89N5O7S. The Morgan fingerprint density at radius 1 is 0.625 bits per heavy atom. The van der Waals surface area contributed by atoms with Crippen LogP contribution in [0.5, 0.6) is 0 Å². The number of pyridine rings is 1. The molecule has 0 aliphatic carbocycles. The van der Waals surface area contributed by atoms with Gasteiger partial charge in [-0.05, 0) is 49.8 Å². The van der Waals surface area contributed by atoms with E-state index in [0.29, 0.717) is 40.5 Å². The van der Waals surface area contributed by atoms with E-state index in [1.807, 2.05) is 94.5 Å². The van der Waals surface area contributed by atoms with Gasteiger partial charge in [-0.15, -0.1) is 11.3 Å². The van der Waals surface area contributed by atoms with E-state index in [0.717, 1.165) is 85.0 Å². The highest BCUT2D eigenvalue weighted by Crippen LogP contribution is 2.23. The normalized spacial score (nSPS) is 18.8. The Labute approximate surface area is 392 Å². The molecule has 3 aliphatic rings. The van der Waals surface area contributed by atoms with Crippen molar-refractivity contribution in [3.63, 3.8) is 0 Å². The minimum Gasteiger partial charge on any atom is -0.392 e. The summed E-state index contributed by atoms with van der Waals surface area (Å²) in [4.78, 5) is 61.1. The van der Waals surface area contributed by atoms with Crippen molar-refractivity contribution in [2.45, 2.75) is 155 Å². The van der Waals surface area contributed by atoms with Crippen LogP contribution in [0.3, 0.4) is 0 Å². The molecule has 12 nitrogen and oxygen atoms in total. The van der Waals surface area contributed by atoms with Gasteiger partial charge in [0, 0.05) is 105 Å². The first-order valence-electron chi connectivity index (χ1n) is 23.5. The summed E-state index contributed by atoms with van der Waals surface area (Å²) < 4.78 is 5.25. The van der Waals surface area contributed by atoms with Gasteiger partial charge in [-0.1, -0.05) is 110 Å². The lowest BCUT2D eigenvalue weighted by atomic mass is 9.89. The number of aliphatic hydroxyl groups is 2. The van der Waals surface area contributed by atoms with Crippen LogP contribution in [0.25, 0.3) is 0 Å². The first-order chi connectivity index (χ1) is 29.4. The van der Waals surface area contributed by atoms with Crippen molar-refractivity contribution in [3.8, 4) is 0 Å². The molecule has 2 N–H and O–H groups in total. The predicted octanol–water partition coefficient (Wildman–Crippen LogP) is 8.94. The van der Waals surface area contributed by atoms with Crippen LogP contribution in [0.4, 0.5) is 0 Å². The lowest BCUT2D eigenvalue weighted by Crippen LogP contribution is -2.38. The number of ether oxygens (including phenoxy) is 1. The number of nitrogens with zero attached hydrogens (tertiary/aromatic N) is 5. The Kier molecular flexibility index (Phi) is 25.7. The van der Waals surface area contributed by atoms with E-state index >= 15 is 0 Å². The van der Waals surface area contributed by atoms with Gasteiger partial charge < -0.3 is 24.7 Å². The maximum atomic E-state index is 11.6. The Bertz CT molecular complexity index is 1600. The van der Waals surface area contributed by atoms with Crippen LogP contribution in [0, 0.1) is 27.1 Å². The topological polar surface area (TPSA) is 153 Å². The summed E-state index contributed by atoms with van der Waals surface area (Å²) in [6.45, 7) is 40.1. The van der Waals surface area contributed by atoms with Crippen LogP contribution in [-0.4, -0.2) is 142 Å². The number of carbonyl (C=O) groups is 4. The minimum atomic E-state index is -0.339. The van der Waals surface area contributed by atoms with Crippen molar-refractivity contribution in [1.29, 1.82) is 0 Å². The highest BCUT2D eigenvalue weighted by atomic mass is 32.1. The zero-order valence-corrected chi connectivity index (χ0v) is 43.5. The summed E-state index contributed by atoms with van der Waals surface area (Å²) in [5.74, 6) is 0.860. The second kappa shape index (κ2) is 27.8. The monoisotopic (exact) mass is 916 g/mol. The maximum Gasteiger partial charge on any atom is 0.196 e. The van der Waals surface area contributed by atoms with Gasteiger partial charge in [-0.2, -0.15) is 0 Å². The van der Waals surface area contributed by atoms with Crippen LogP contribution >= 0.6 is 11.3 Å². The smallest absolute Gasteiger partial charge is 0.196 e. The molecule has 0 amide bonds. The number of hydrogen-bond acceptors (Lipinski definition) is 13. The number of rotatable bonds is 11. The molecule has 2 atom stereocenters. The Hall–Kier alpha value is -2.78. The molecule has 0 spiro atoms. The molecule has 2 aromatic heterocycles. The fourth-order valence-corrected chi connectivity index (χ4v) is 7.28. The number of morpholine rings is 1. The fraction of sp³-hybridized carbons (Fsp3) is 0.765. The highest BCUT2D eigenvalue weighted by Gasteiger charge is 2.27. The van der Waals surface area contributed by atoms with Gasteiger partial charge in [0.2, 0.25) is 0 Å². The molecule has 0 saturated carbocycles. The summed E-state index contributed by atoms with van der Waals surface area (Å²) in [5.41, 5.74) is -0.0557. The van der Waals surface area contributed by atoms with Gasteiger partial charge in [0.15, 0.2) is 16.6 Å². The van der Waals surface area contributed by atoms with Crippen molar-refractivity contribution in [2.24, 2.45) is 27.1 Å². The summed E-state index contributed by atoms with van der Waals surface area (Å²) in [6, 6.07) is 5.37. The minimum absolute atomic E-state index is 0.0605. The molecule has 3 fully saturated rings. The van der Waals surface area contributed by atoms with Gasteiger partial charge >= 0.3 is 0 Å². The van der Waals surface area contributed by atoms with E-state index in [4.69, 9.17) is 4.74 Å². The van der Waals surface area contributed by atoms with E-state index in [-0.39, 0.29) is 45.4 Å². The molecule has 0 aromatic carbocycles. The molecule has 3 saturated heterocycles. The van der Waals surface area contributed by atoms with E-state index < -0.39 is 0 Å². The van der Waals surface area contributed by atoms with Crippen LogP contribution in [0.1, 0.15) is 163 Å². The molecule has 64 heavy (non-hydrogen) atoms. The second-order valence-electron chi connectivity index (χ2n) is 22.7. The third-order valence-electron chi connectivity index (χ3n) is 10.9.